The van der Waals surface area contributed by atoms with Crippen LogP contribution in [0, 0.1) is 5.41 Å². The normalized spacial score (nSPS) is 26.6. The number of anilines is 1. The topological polar surface area (TPSA) is 99.9 Å². The van der Waals surface area contributed by atoms with Crippen LogP contribution in [-0.4, -0.2) is 50.8 Å². The van der Waals surface area contributed by atoms with E-state index in [0.717, 1.165) is 38.0 Å². The van der Waals surface area contributed by atoms with E-state index >= 15 is 0 Å². The van der Waals surface area contributed by atoms with Crippen LogP contribution in [0.5, 0.6) is 0 Å². The monoisotopic (exact) mass is 342 g/mol. The molecule has 3 aliphatic rings. The summed E-state index contributed by atoms with van der Waals surface area (Å²) >= 11 is 0. The van der Waals surface area contributed by atoms with Crippen LogP contribution < -0.4 is 5.32 Å². The fourth-order valence-corrected chi connectivity index (χ4v) is 3.91. The first-order valence-corrected chi connectivity index (χ1v) is 9.07. The van der Waals surface area contributed by atoms with Gasteiger partial charge in [0, 0.05) is 36.8 Å². The number of nitrogens with one attached hydrogen (secondary N) is 2. The molecule has 0 aromatic carbocycles. The Balaban J connectivity index is 1.12. The summed E-state index contributed by atoms with van der Waals surface area (Å²) in [5, 5.41) is 18.1. The van der Waals surface area contributed by atoms with E-state index in [2.05, 4.69) is 25.7 Å². The molecule has 3 heterocycles. The summed E-state index contributed by atoms with van der Waals surface area (Å²) in [5.41, 5.74) is 1.69. The van der Waals surface area contributed by atoms with Gasteiger partial charge in [-0.2, -0.15) is 5.10 Å². The second-order valence-electron chi connectivity index (χ2n) is 7.64. The van der Waals surface area contributed by atoms with Crippen molar-refractivity contribution in [3.05, 3.63) is 23.8 Å². The van der Waals surface area contributed by atoms with E-state index in [-0.39, 0.29) is 18.4 Å². The highest BCUT2D eigenvalue weighted by atomic mass is 16.4. The smallest absolute Gasteiger partial charge is 0.315 e. The third kappa shape index (κ3) is 2.89. The summed E-state index contributed by atoms with van der Waals surface area (Å²) in [5.74, 6) is 1.36. The van der Waals surface area contributed by atoms with Crippen molar-refractivity contribution in [2.75, 3.05) is 25.0 Å². The first kappa shape index (κ1) is 14.9. The Kier molecular flexibility index (Phi) is 3.33. The summed E-state index contributed by atoms with van der Waals surface area (Å²) in [6, 6.07) is 2.30. The van der Waals surface area contributed by atoms with Gasteiger partial charge in [0.05, 0.1) is 6.54 Å². The molecule has 3 fully saturated rings. The van der Waals surface area contributed by atoms with Crippen LogP contribution in [0.25, 0.3) is 0 Å². The zero-order valence-electron chi connectivity index (χ0n) is 14.1. The average Bonchev–Trinajstić information content (AvgIpc) is 3.46. The van der Waals surface area contributed by atoms with E-state index in [1.165, 1.54) is 12.8 Å². The highest BCUT2D eigenvalue weighted by Gasteiger charge is 2.45. The summed E-state index contributed by atoms with van der Waals surface area (Å²) in [4.78, 5) is 14.3. The molecule has 0 unspecified atom stereocenters. The first-order chi connectivity index (χ1) is 12.2. The number of aromatic amines is 1. The molecule has 1 spiro atoms. The van der Waals surface area contributed by atoms with Crippen molar-refractivity contribution in [1.82, 2.24) is 25.3 Å². The molecule has 2 aliphatic carbocycles. The highest BCUT2D eigenvalue weighted by Crippen LogP contribution is 2.54. The predicted molar refractivity (Wildman–Crippen MR) is 89.0 cm³/mol. The Labute approximate surface area is 145 Å². The lowest BCUT2D eigenvalue weighted by atomic mass is 9.94. The maximum atomic E-state index is 12.3. The third-order valence-corrected chi connectivity index (χ3v) is 5.99. The van der Waals surface area contributed by atoms with Gasteiger partial charge >= 0.3 is 6.01 Å². The van der Waals surface area contributed by atoms with Crippen LogP contribution in [0.2, 0.25) is 0 Å². The van der Waals surface area contributed by atoms with Crippen molar-refractivity contribution in [1.29, 1.82) is 0 Å². The number of piperidine rings is 1. The van der Waals surface area contributed by atoms with Crippen LogP contribution in [0.4, 0.5) is 6.01 Å². The molecule has 2 saturated carbocycles. The van der Waals surface area contributed by atoms with E-state index < -0.39 is 0 Å². The Bertz CT molecular complexity index is 756. The van der Waals surface area contributed by atoms with Gasteiger partial charge in [0.25, 0.3) is 0 Å². The molecule has 1 aliphatic heterocycles. The molecule has 8 nitrogen and oxygen atoms in total. The summed E-state index contributed by atoms with van der Waals surface area (Å²) in [6.45, 7) is 1.97. The van der Waals surface area contributed by atoms with Gasteiger partial charge in [0.1, 0.15) is 0 Å². The second kappa shape index (κ2) is 5.57. The summed E-state index contributed by atoms with van der Waals surface area (Å²) in [6.07, 6.45) is 7.73. The molecule has 0 bridgehead atoms. The Morgan fingerprint density at radius 2 is 2.12 bits per heavy atom. The fourth-order valence-electron chi connectivity index (χ4n) is 3.91. The van der Waals surface area contributed by atoms with Crippen LogP contribution in [0.15, 0.2) is 16.7 Å². The molecule has 1 amide bonds. The van der Waals surface area contributed by atoms with E-state index in [1.54, 1.807) is 6.20 Å². The standard InChI is InChI=1S/C17H22N6O2/c24-14(23-7-4-17(2-3-17)5-8-23)10-18-16-22-21-15(25-16)12-9-11(12)13-1-6-19-20-13/h1,6,11-12H,2-5,7-10H2,(H,18,22)(H,19,20)/t11-,12+/m1/s1. The number of likely N-dealkylation sites (tertiary alicyclic amines) is 1. The van der Waals surface area contributed by atoms with Gasteiger partial charge in [-0.15, -0.1) is 5.10 Å². The number of nitrogens with zero attached hydrogens (tertiary/aromatic N) is 4. The van der Waals surface area contributed by atoms with E-state index in [1.807, 2.05) is 11.0 Å². The number of hydrogen-bond donors (Lipinski definition) is 2. The van der Waals surface area contributed by atoms with Gasteiger partial charge in [-0.3, -0.25) is 9.89 Å². The quantitative estimate of drug-likeness (QED) is 0.860. The maximum absolute atomic E-state index is 12.3. The van der Waals surface area contributed by atoms with Crippen LogP contribution in [0.3, 0.4) is 0 Å². The van der Waals surface area contributed by atoms with E-state index in [0.29, 0.717) is 23.2 Å². The van der Waals surface area contributed by atoms with E-state index in [4.69, 9.17) is 4.42 Å². The molecule has 2 aromatic heterocycles. The minimum absolute atomic E-state index is 0.108. The Morgan fingerprint density at radius 1 is 1.28 bits per heavy atom. The molecule has 8 heteroatoms. The lowest BCUT2D eigenvalue weighted by Crippen LogP contribution is -2.41. The van der Waals surface area contributed by atoms with Gasteiger partial charge in [0.15, 0.2) is 0 Å². The molecule has 0 radical (unpaired) electrons. The van der Waals surface area contributed by atoms with Gasteiger partial charge in [0.2, 0.25) is 11.8 Å². The molecular formula is C17H22N6O2. The molecule has 2 aromatic rings. The van der Waals surface area contributed by atoms with Crippen molar-refractivity contribution < 1.29 is 9.21 Å². The largest absolute Gasteiger partial charge is 0.408 e. The number of carbonyl (C=O) groups is 1. The molecule has 1 saturated heterocycles. The molecule has 25 heavy (non-hydrogen) atoms. The van der Waals surface area contributed by atoms with Crippen LogP contribution in [-0.2, 0) is 4.79 Å². The number of hydrogen-bond acceptors (Lipinski definition) is 6. The zero-order valence-corrected chi connectivity index (χ0v) is 14.1. The average molecular weight is 342 g/mol. The number of rotatable bonds is 5. The van der Waals surface area contributed by atoms with Crippen molar-refractivity contribution >= 4 is 11.9 Å². The Morgan fingerprint density at radius 3 is 2.84 bits per heavy atom. The predicted octanol–water partition coefficient (Wildman–Crippen LogP) is 1.88. The third-order valence-electron chi connectivity index (χ3n) is 5.99. The molecule has 132 valence electrons. The van der Waals surface area contributed by atoms with Crippen molar-refractivity contribution in [2.24, 2.45) is 5.41 Å². The first-order valence-electron chi connectivity index (χ1n) is 9.07. The van der Waals surface area contributed by atoms with Gasteiger partial charge in [-0.25, -0.2) is 0 Å². The fraction of sp³-hybridized carbons (Fsp3) is 0.647. The maximum Gasteiger partial charge on any atom is 0.315 e. The van der Waals surface area contributed by atoms with Crippen molar-refractivity contribution in [3.63, 3.8) is 0 Å². The summed E-state index contributed by atoms with van der Waals surface area (Å²) < 4.78 is 5.68. The molecular weight excluding hydrogens is 320 g/mol. The van der Waals surface area contributed by atoms with Crippen molar-refractivity contribution in [3.8, 4) is 0 Å². The number of amides is 1. The van der Waals surface area contributed by atoms with Crippen LogP contribution in [0.1, 0.15) is 55.5 Å². The SMILES string of the molecule is O=C(CNc1nnc([C@H]2C[C@H]2c2ccn[nH]2)o1)N1CCC2(CC1)CC2. The van der Waals surface area contributed by atoms with Gasteiger partial charge in [-0.1, -0.05) is 5.10 Å². The number of H-pyrrole nitrogens is 1. The second-order valence-corrected chi connectivity index (χ2v) is 7.64. The number of aromatic nitrogens is 4. The van der Waals surface area contributed by atoms with Crippen LogP contribution >= 0.6 is 0 Å². The van der Waals surface area contributed by atoms with Crippen molar-refractivity contribution in [2.45, 2.75) is 43.9 Å². The van der Waals surface area contributed by atoms with Gasteiger partial charge < -0.3 is 14.6 Å². The molecule has 2 atom stereocenters. The van der Waals surface area contributed by atoms with E-state index in [9.17, 15) is 4.79 Å². The number of carbonyl (C=O) groups excluding carboxylic acids is 1. The minimum atomic E-state index is 0.108. The highest BCUT2D eigenvalue weighted by molar-refractivity contribution is 5.80. The molecule has 2 N–H and O–H groups in total. The lowest BCUT2D eigenvalue weighted by molar-refractivity contribution is -0.130. The lowest BCUT2D eigenvalue weighted by Gasteiger charge is -2.32. The summed E-state index contributed by atoms with van der Waals surface area (Å²) in [7, 11) is 0. The molecule has 5 rings (SSSR count). The Hall–Kier alpha value is -2.38. The minimum Gasteiger partial charge on any atom is -0.408 e. The van der Waals surface area contributed by atoms with Gasteiger partial charge in [-0.05, 0) is 43.6 Å². The zero-order chi connectivity index (χ0) is 16.9.